The predicted octanol–water partition coefficient (Wildman–Crippen LogP) is 0.175. The second-order valence-electron chi connectivity index (χ2n) is 3.96. The molecule has 19 heavy (non-hydrogen) atoms. The number of aromatic amines is 2. The average Bonchev–Trinajstić information content (AvgIpc) is 2.79. The summed E-state index contributed by atoms with van der Waals surface area (Å²) in [4.78, 5) is 32.5. The van der Waals surface area contributed by atoms with Crippen LogP contribution in [0.1, 0.15) is 34.4 Å². The van der Waals surface area contributed by atoms with Crippen LogP contribution < -0.4 is 11.4 Å². The third kappa shape index (κ3) is 2.44. The van der Waals surface area contributed by atoms with Crippen LogP contribution >= 0.6 is 0 Å². The maximum atomic E-state index is 12.3. The van der Waals surface area contributed by atoms with Crippen molar-refractivity contribution in [1.82, 2.24) is 15.0 Å². The number of aryl methyl sites for hydroxylation is 1. The Bertz CT molecular complexity index is 698. The molecule has 0 amide bonds. The van der Waals surface area contributed by atoms with Gasteiger partial charge in [-0.1, -0.05) is 6.92 Å². The maximum Gasteiger partial charge on any atom is 0.323 e. The van der Waals surface area contributed by atoms with Crippen molar-refractivity contribution in [2.24, 2.45) is 5.73 Å². The number of H-pyrrole nitrogens is 2. The van der Waals surface area contributed by atoms with Crippen molar-refractivity contribution in [3.8, 4) is 0 Å². The van der Waals surface area contributed by atoms with Crippen LogP contribution in [0.25, 0.3) is 0 Å². The minimum Gasteiger partial charge on any atom is -0.382 e. The highest BCUT2D eigenvalue weighted by Gasteiger charge is 2.17. The van der Waals surface area contributed by atoms with Gasteiger partial charge in [-0.15, -0.1) is 0 Å². The summed E-state index contributed by atoms with van der Waals surface area (Å²) in [6.07, 6.45) is 1.94. The smallest absolute Gasteiger partial charge is 0.323 e. The molecule has 0 saturated heterocycles. The monoisotopic (exact) mass is 259 g/mol. The fourth-order valence-electron chi connectivity index (χ4n) is 1.74. The van der Waals surface area contributed by atoms with Crippen LogP contribution in [0, 0.1) is 5.41 Å². The molecule has 0 atom stereocenters. The Morgan fingerprint density at radius 1 is 1.47 bits per heavy atom. The number of nitrogens with one attached hydrogen (secondary N) is 3. The number of nitrogens with zero attached hydrogens (tertiary/aromatic N) is 1. The van der Waals surface area contributed by atoms with E-state index in [0.717, 1.165) is 0 Å². The molecule has 7 nitrogen and oxygen atoms in total. The molecule has 0 unspecified atom stereocenters. The van der Waals surface area contributed by atoms with Gasteiger partial charge < -0.3 is 15.7 Å². The molecule has 7 heteroatoms. The highest BCUT2D eigenvalue weighted by molar-refractivity contribution is 6.09. The third-order valence-corrected chi connectivity index (χ3v) is 2.68. The Morgan fingerprint density at radius 3 is 2.84 bits per heavy atom. The molecular weight excluding hydrogens is 246 g/mol. The number of hydrogen-bond acceptors (Lipinski definition) is 4. The molecule has 0 aliphatic heterocycles. The SMILES string of the molecule is CCc1[nH]c(=O)[nH]c1C(=O)c1ccnc(C(=N)N)c1. The number of carbonyl (C=O) groups excluding carboxylic acids is 1. The summed E-state index contributed by atoms with van der Waals surface area (Å²) in [5.74, 6) is -0.548. The number of amidine groups is 1. The number of ketones is 1. The summed E-state index contributed by atoms with van der Waals surface area (Å²) >= 11 is 0. The molecule has 2 heterocycles. The fourth-order valence-corrected chi connectivity index (χ4v) is 1.74. The molecule has 0 aromatic carbocycles. The molecule has 0 aliphatic carbocycles. The molecule has 0 radical (unpaired) electrons. The average molecular weight is 259 g/mol. The van der Waals surface area contributed by atoms with Crippen molar-refractivity contribution in [1.29, 1.82) is 5.41 Å². The lowest BCUT2D eigenvalue weighted by atomic mass is 10.1. The summed E-state index contributed by atoms with van der Waals surface area (Å²) < 4.78 is 0. The molecule has 5 N–H and O–H groups in total. The zero-order valence-electron chi connectivity index (χ0n) is 10.3. The lowest BCUT2D eigenvalue weighted by Crippen LogP contribution is -2.15. The molecule has 0 aliphatic rings. The minimum absolute atomic E-state index is 0.215. The standard InChI is InChI=1S/C12H13N5O2/c1-2-7-9(17-12(19)16-7)10(18)6-3-4-15-8(5-6)11(13)14/h3-5H,2H2,1H3,(H3,13,14)(H2,16,17,19). The van der Waals surface area contributed by atoms with Crippen LogP contribution in [0.3, 0.4) is 0 Å². The molecule has 98 valence electrons. The molecule has 0 bridgehead atoms. The van der Waals surface area contributed by atoms with Crippen molar-refractivity contribution in [3.05, 3.63) is 51.5 Å². The molecule has 2 rings (SSSR count). The van der Waals surface area contributed by atoms with Gasteiger partial charge in [-0.2, -0.15) is 0 Å². The van der Waals surface area contributed by atoms with Gasteiger partial charge in [0.15, 0.2) is 0 Å². The van der Waals surface area contributed by atoms with Crippen LogP contribution in [0.4, 0.5) is 0 Å². The lowest BCUT2D eigenvalue weighted by molar-refractivity contribution is 0.103. The third-order valence-electron chi connectivity index (χ3n) is 2.68. The number of aromatic nitrogens is 3. The number of rotatable bonds is 4. The van der Waals surface area contributed by atoms with Gasteiger partial charge in [-0.25, -0.2) is 4.79 Å². The van der Waals surface area contributed by atoms with Gasteiger partial charge in [0.25, 0.3) is 0 Å². The Kier molecular flexibility index (Phi) is 3.28. The van der Waals surface area contributed by atoms with Crippen LogP contribution in [0.2, 0.25) is 0 Å². The van der Waals surface area contributed by atoms with E-state index in [1.165, 1.54) is 18.3 Å². The van der Waals surface area contributed by atoms with Crippen molar-refractivity contribution in [2.45, 2.75) is 13.3 Å². The number of hydrogen-bond donors (Lipinski definition) is 4. The topological polar surface area (TPSA) is 128 Å². The molecule has 0 spiro atoms. The van der Waals surface area contributed by atoms with Crippen molar-refractivity contribution < 1.29 is 4.79 Å². The molecule has 2 aromatic rings. The molecule has 0 fully saturated rings. The number of pyridine rings is 1. The van der Waals surface area contributed by atoms with E-state index in [2.05, 4.69) is 15.0 Å². The van der Waals surface area contributed by atoms with E-state index in [0.29, 0.717) is 17.7 Å². The summed E-state index contributed by atoms with van der Waals surface area (Å²) in [6.45, 7) is 1.84. The number of nitrogen functional groups attached to an aromatic ring is 1. The Labute approximate surface area is 108 Å². The van der Waals surface area contributed by atoms with Gasteiger partial charge in [-0.3, -0.25) is 15.2 Å². The highest BCUT2D eigenvalue weighted by Crippen LogP contribution is 2.11. The molecule has 0 saturated carbocycles. The number of nitrogens with two attached hydrogens (primary N) is 1. The first kappa shape index (κ1) is 12.7. The summed E-state index contributed by atoms with van der Waals surface area (Å²) in [5.41, 5.74) is 6.24. The Balaban J connectivity index is 2.46. The first-order valence-corrected chi connectivity index (χ1v) is 5.69. The van der Waals surface area contributed by atoms with Gasteiger partial charge >= 0.3 is 5.69 Å². The lowest BCUT2D eigenvalue weighted by Gasteiger charge is -2.03. The maximum absolute atomic E-state index is 12.3. The van der Waals surface area contributed by atoms with E-state index in [-0.39, 0.29) is 23.0 Å². The van der Waals surface area contributed by atoms with Crippen molar-refractivity contribution in [3.63, 3.8) is 0 Å². The number of carbonyl (C=O) groups is 1. The van der Waals surface area contributed by atoms with Gasteiger partial charge in [0, 0.05) is 17.5 Å². The van der Waals surface area contributed by atoms with Crippen LogP contribution in [0.15, 0.2) is 23.1 Å². The van der Waals surface area contributed by atoms with Gasteiger partial charge in [0.1, 0.15) is 17.2 Å². The normalized spacial score (nSPS) is 10.4. The van der Waals surface area contributed by atoms with E-state index < -0.39 is 5.69 Å². The van der Waals surface area contributed by atoms with Gasteiger partial charge in [0.05, 0.1) is 0 Å². The molecule has 2 aromatic heterocycles. The summed E-state index contributed by atoms with van der Waals surface area (Å²) in [5, 5.41) is 7.30. The summed E-state index contributed by atoms with van der Waals surface area (Å²) in [6, 6.07) is 2.94. The van der Waals surface area contributed by atoms with Gasteiger partial charge in [-0.05, 0) is 18.6 Å². The second kappa shape index (κ2) is 4.89. The van der Waals surface area contributed by atoms with Crippen LogP contribution in [-0.4, -0.2) is 26.6 Å². The second-order valence-corrected chi connectivity index (χ2v) is 3.96. The Morgan fingerprint density at radius 2 is 2.21 bits per heavy atom. The first-order valence-electron chi connectivity index (χ1n) is 5.69. The van der Waals surface area contributed by atoms with E-state index >= 15 is 0 Å². The van der Waals surface area contributed by atoms with Crippen LogP contribution in [-0.2, 0) is 6.42 Å². The largest absolute Gasteiger partial charge is 0.382 e. The van der Waals surface area contributed by atoms with E-state index in [1.807, 2.05) is 6.92 Å². The quantitative estimate of drug-likeness (QED) is 0.354. The zero-order chi connectivity index (χ0) is 14.0. The van der Waals surface area contributed by atoms with Crippen molar-refractivity contribution in [2.75, 3.05) is 0 Å². The number of imidazole rings is 1. The van der Waals surface area contributed by atoms with E-state index in [9.17, 15) is 9.59 Å². The van der Waals surface area contributed by atoms with Crippen LogP contribution in [0.5, 0.6) is 0 Å². The zero-order valence-corrected chi connectivity index (χ0v) is 10.3. The van der Waals surface area contributed by atoms with E-state index in [1.54, 1.807) is 0 Å². The Hall–Kier alpha value is -2.70. The minimum atomic E-state index is -0.416. The van der Waals surface area contributed by atoms with E-state index in [4.69, 9.17) is 11.1 Å². The molecular formula is C12H13N5O2. The van der Waals surface area contributed by atoms with Gasteiger partial charge in [0.2, 0.25) is 5.78 Å². The van der Waals surface area contributed by atoms with Crippen molar-refractivity contribution >= 4 is 11.6 Å². The highest BCUT2D eigenvalue weighted by atomic mass is 16.1. The predicted molar refractivity (Wildman–Crippen MR) is 69.5 cm³/mol. The summed E-state index contributed by atoms with van der Waals surface area (Å²) in [7, 11) is 0. The first-order chi connectivity index (χ1) is 9.02. The fraction of sp³-hybridized carbons (Fsp3) is 0.167.